The fourth-order valence-electron chi connectivity index (χ4n) is 7.05. The van der Waals surface area contributed by atoms with Gasteiger partial charge in [-0.05, 0) is 79.7 Å². The van der Waals surface area contributed by atoms with Crippen LogP contribution in [0.5, 0.6) is 0 Å². The number of hydrogen-bond donors (Lipinski definition) is 0. The predicted octanol–water partition coefficient (Wildman–Crippen LogP) is 11.2. The van der Waals surface area contributed by atoms with Crippen LogP contribution in [0, 0.1) is 23.3 Å². The zero-order chi connectivity index (χ0) is 34.4. The fourth-order valence-corrected chi connectivity index (χ4v) is 9.92. The zero-order valence-electron chi connectivity index (χ0n) is 26.5. The highest BCUT2D eigenvalue weighted by Crippen LogP contribution is 2.49. The second kappa shape index (κ2) is 12.6. The lowest BCUT2D eigenvalue weighted by Crippen LogP contribution is -2.26. The minimum atomic E-state index is -3.57. The van der Waals surface area contributed by atoms with Gasteiger partial charge in [0.25, 0.3) is 0 Å². The molecule has 0 amide bonds. The number of hydrogen-bond acceptors (Lipinski definition) is 1. The first kappa shape index (κ1) is 31.5. The molecule has 6 heteroatoms. The van der Waals surface area contributed by atoms with E-state index in [-0.39, 0.29) is 0 Å². The molecule has 0 saturated carbocycles. The second-order valence-electron chi connectivity index (χ2n) is 12.2. The summed E-state index contributed by atoms with van der Waals surface area (Å²) in [5, 5.41) is 4.84. The van der Waals surface area contributed by atoms with E-state index in [0.29, 0.717) is 49.1 Å². The predicted molar refractivity (Wildman–Crippen MR) is 197 cm³/mol. The Morgan fingerprint density at radius 1 is 0.360 bits per heavy atom. The van der Waals surface area contributed by atoms with E-state index in [2.05, 4.69) is 0 Å². The van der Waals surface area contributed by atoms with Gasteiger partial charge < -0.3 is 4.57 Å². The minimum Gasteiger partial charge on any atom is -0.309 e. The maximum atomic E-state index is 16.0. The Hall–Kier alpha value is -5.77. The van der Waals surface area contributed by atoms with E-state index in [1.807, 2.05) is 127 Å². The molecule has 8 aromatic carbocycles. The van der Waals surface area contributed by atoms with Crippen LogP contribution >= 0.6 is 7.14 Å². The molecule has 0 radical (unpaired) electrons. The van der Waals surface area contributed by atoms with Gasteiger partial charge in [-0.1, -0.05) is 121 Å². The molecule has 0 heterocycles. The van der Waals surface area contributed by atoms with Crippen molar-refractivity contribution in [1.29, 1.82) is 0 Å². The van der Waals surface area contributed by atoms with Crippen LogP contribution in [0.2, 0.25) is 0 Å². The molecule has 0 bridgehead atoms. The Bertz CT molecular complexity index is 2540. The first-order valence-corrected chi connectivity index (χ1v) is 17.7. The van der Waals surface area contributed by atoms with Gasteiger partial charge in [0, 0.05) is 33.6 Å². The van der Waals surface area contributed by atoms with Crippen LogP contribution in [0.4, 0.5) is 17.6 Å². The average Bonchev–Trinajstić information content (AvgIpc) is 3.13. The van der Waals surface area contributed by atoms with Crippen LogP contribution in [-0.2, 0) is 4.57 Å². The molecule has 8 aromatic rings. The van der Waals surface area contributed by atoms with Crippen LogP contribution in [0.25, 0.3) is 54.9 Å². The van der Waals surface area contributed by atoms with Crippen LogP contribution < -0.4 is 15.9 Å². The fraction of sp³-hybridized carbons (Fsp3) is 0. The molecule has 0 aromatic heterocycles. The van der Waals surface area contributed by atoms with Gasteiger partial charge in [0.1, 0.15) is 23.3 Å². The Morgan fingerprint density at radius 3 is 1.24 bits per heavy atom. The molecule has 0 N–H and O–H groups in total. The molecule has 0 atom stereocenters. The van der Waals surface area contributed by atoms with Crippen molar-refractivity contribution in [2.45, 2.75) is 0 Å². The van der Waals surface area contributed by atoms with Crippen molar-refractivity contribution in [3.8, 4) is 33.4 Å². The Kier molecular flexibility index (Phi) is 7.94. The average molecular weight is 679 g/mol. The Morgan fingerprint density at radius 2 is 0.760 bits per heavy atom. The zero-order valence-corrected chi connectivity index (χ0v) is 27.4. The molecule has 0 aliphatic carbocycles. The van der Waals surface area contributed by atoms with Gasteiger partial charge in [0.15, 0.2) is 7.14 Å². The first-order valence-electron chi connectivity index (χ1n) is 16.0. The van der Waals surface area contributed by atoms with Gasteiger partial charge in [-0.2, -0.15) is 0 Å². The van der Waals surface area contributed by atoms with E-state index >= 15 is 4.57 Å². The van der Waals surface area contributed by atoms with Crippen LogP contribution in [0.1, 0.15) is 0 Å². The third-order valence-corrected chi connectivity index (χ3v) is 12.3. The molecule has 50 heavy (non-hydrogen) atoms. The summed E-state index contributed by atoms with van der Waals surface area (Å²) in [4.78, 5) is 0. The summed E-state index contributed by atoms with van der Waals surface area (Å²) in [6, 6.07) is 46.2. The molecule has 0 aliphatic heterocycles. The van der Waals surface area contributed by atoms with E-state index < -0.39 is 30.4 Å². The molecular weight excluding hydrogens is 651 g/mol. The van der Waals surface area contributed by atoms with Crippen molar-refractivity contribution in [3.63, 3.8) is 0 Å². The van der Waals surface area contributed by atoms with E-state index in [1.165, 1.54) is 24.3 Å². The van der Waals surface area contributed by atoms with E-state index in [0.717, 1.165) is 33.9 Å². The lowest BCUT2D eigenvalue weighted by atomic mass is 9.89. The maximum absolute atomic E-state index is 16.0. The molecule has 0 spiro atoms. The lowest BCUT2D eigenvalue weighted by Gasteiger charge is -2.25. The highest BCUT2D eigenvalue weighted by atomic mass is 31.2. The molecule has 1 nitrogen and oxygen atoms in total. The van der Waals surface area contributed by atoms with Crippen molar-refractivity contribution >= 4 is 44.6 Å². The van der Waals surface area contributed by atoms with Gasteiger partial charge in [-0.3, -0.25) is 0 Å². The van der Waals surface area contributed by atoms with Crippen LogP contribution in [-0.4, -0.2) is 0 Å². The standard InChI is InChI=1S/C44H27F4OP/c45-30-22-28(23-31(46)26-30)36-14-7-17-39-38(36)16-9-19-41(39)44-42-18-8-15-37(29-24-32(47)27-33(48)25-29)40(42)20-21-43(44)50(49,34-10-3-1-4-11-34)35-12-5-2-6-13-35/h1-27H. The van der Waals surface area contributed by atoms with Gasteiger partial charge in [0.2, 0.25) is 0 Å². The van der Waals surface area contributed by atoms with Crippen molar-refractivity contribution < 1.29 is 22.1 Å². The van der Waals surface area contributed by atoms with Crippen molar-refractivity contribution in [2.75, 3.05) is 0 Å². The minimum absolute atomic E-state index is 0.370. The van der Waals surface area contributed by atoms with Crippen molar-refractivity contribution in [1.82, 2.24) is 0 Å². The van der Waals surface area contributed by atoms with Gasteiger partial charge >= 0.3 is 0 Å². The number of benzene rings is 8. The van der Waals surface area contributed by atoms with Crippen LogP contribution in [0.3, 0.4) is 0 Å². The van der Waals surface area contributed by atoms with Gasteiger partial charge in [0.05, 0.1) is 0 Å². The summed E-state index contributed by atoms with van der Waals surface area (Å²) in [6.45, 7) is 0. The number of rotatable bonds is 6. The van der Waals surface area contributed by atoms with Crippen molar-refractivity contribution in [3.05, 3.63) is 187 Å². The highest BCUT2D eigenvalue weighted by Gasteiger charge is 2.33. The maximum Gasteiger partial charge on any atom is 0.171 e. The third kappa shape index (κ3) is 5.41. The molecule has 242 valence electrons. The molecule has 0 unspecified atom stereocenters. The van der Waals surface area contributed by atoms with E-state index in [4.69, 9.17) is 0 Å². The SMILES string of the molecule is O=P(c1ccccc1)(c1ccccc1)c1ccc2c(-c3cc(F)cc(F)c3)cccc2c1-c1cccc2c(-c3cc(F)cc(F)c3)cccc12. The van der Waals surface area contributed by atoms with E-state index in [9.17, 15) is 17.6 Å². The summed E-state index contributed by atoms with van der Waals surface area (Å²) >= 11 is 0. The molecular formula is C44H27F4OP. The third-order valence-electron chi connectivity index (χ3n) is 9.16. The van der Waals surface area contributed by atoms with Gasteiger partial charge in [-0.15, -0.1) is 0 Å². The second-order valence-corrected chi connectivity index (χ2v) is 14.9. The Balaban J connectivity index is 1.51. The highest BCUT2D eigenvalue weighted by molar-refractivity contribution is 7.85. The summed E-state index contributed by atoms with van der Waals surface area (Å²) in [6.07, 6.45) is 0. The summed E-state index contributed by atoms with van der Waals surface area (Å²) in [5.41, 5.74) is 3.43. The quantitative estimate of drug-likeness (QED) is 0.126. The van der Waals surface area contributed by atoms with Crippen LogP contribution in [0.15, 0.2) is 164 Å². The lowest BCUT2D eigenvalue weighted by molar-refractivity contribution is 0.583. The normalized spacial score (nSPS) is 11.7. The number of halogens is 4. The topological polar surface area (TPSA) is 17.1 Å². The van der Waals surface area contributed by atoms with Crippen molar-refractivity contribution in [2.24, 2.45) is 0 Å². The van der Waals surface area contributed by atoms with E-state index in [1.54, 1.807) is 0 Å². The molecule has 8 rings (SSSR count). The number of fused-ring (bicyclic) bond motifs is 2. The summed E-state index contributed by atoms with van der Waals surface area (Å²) in [5.74, 6) is -2.75. The molecule has 0 saturated heterocycles. The monoisotopic (exact) mass is 678 g/mol. The van der Waals surface area contributed by atoms with Gasteiger partial charge in [-0.25, -0.2) is 17.6 Å². The molecule has 0 fully saturated rings. The smallest absolute Gasteiger partial charge is 0.171 e. The Labute approximate surface area is 286 Å². The first-order chi connectivity index (χ1) is 24.3. The summed E-state index contributed by atoms with van der Waals surface area (Å²) < 4.78 is 74.0. The largest absolute Gasteiger partial charge is 0.309 e. The molecule has 0 aliphatic rings. The summed E-state index contributed by atoms with van der Waals surface area (Å²) in [7, 11) is -3.57.